The Balaban J connectivity index is 2.22. The summed E-state index contributed by atoms with van der Waals surface area (Å²) in [4.78, 5) is 32.7. The molecule has 1 aliphatic rings. The Hall–Kier alpha value is -2.61. The second kappa shape index (κ2) is 7.96. The molecular formula is C19H20FN3O3S. The first-order valence-electron chi connectivity index (χ1n) is 8.63. The number of carbonyl (C=O) groups is 1. The van der Waals surface area contributed by atoms with Gasteiger partial charge >= 0.3 is 5.97 Å². The van der Waals surface area contributed by atoms with Gasteiger partial charge < -0.3 is 15.0 Å². The lowest BCUT2D eigenvalue weighted by Crippen LogP contribution is -2.31. The zero-order chi connectivity index (χ0) is 19.6. The maximum absolute atomic E-state index is 13.4. The maximum Gasteiger partial charge on any atom is 0.336 e. The number of hydrogen-bond donors (Lipinski definition) is 2. The molecule has 8 heteroatoms. The van der Waals surface area contributed by atoms with Crippen LogP contribution in [0.1, 0.15) is 37.8 Å². The van der Waals surface area contributed by atoms with Crippen LogP contribution in [0.15, 0.2) is 45.5 Å². The minimum atomic E-state index is -0.696. The Bertz CT molecular complexity index is 954. The second-order valence-corrected chi connectivity index (χ2v) is 7.19. The topological polar surface area (TPSA) is 84.1 Å². The van der Waals surface area contributed by atoms with Crippen molar-refractivity contribution in [3.63, 3.8) is 0 Å². The number of halogens is 1. The van der Waals surface area contributed by atoms with Gasteiger partial charge in [-0.25, -0.2) is 14.2 Å². The van der Waals surface area contributed by atoms with E-state index in [1.165, 1.54) is 23.9 Å². The number of ether oxygens (including phenoxy) is 1. The fraction of sp³-hybridized carbons (Fsp3) is 0.316. The molecule has 2 aromatic rings. The van der Waals surface area contributed by atoms with E-state index in [1.807, 2.05) is 6.92 Å². The molecule has 2 N–H and O–H groups in total. The van der Waals surface area contributed by atoms with Crippen LogP contribution in [0.5, 0.6) is 0 Å². The number of anilines is 1. The van der Waals surface area contributed by atoms with Crippen molar-refractivity contribution >= 4 is 23.5 Å². The van der Waals surface area contributed by atoms with Crippen LogP contribution in [0, 0.1) is 5.82 Å². The first-order valence-corrected chi connectivity index (χ1v) is 9.62. The number of benzene rings is 1. The Kier molecular flexibility index (Phi) is 5.65. The Morgan fingerprint density at radius 1 is 1.30 bits per heavy atom. The van der Waals surface area contributed by atoms with Gasteiger partial charge in [0.05, 0.1) is 23.7 Å². The van der Waals surface area contributed by atoms with E-state index < -0.39 is 17.7 Å². The molecule has 6 nitrogen and oxygen atoms in total. The van der Waals surface area contributed by atoms with Crippen LogP contribution in [0.3, 0.4) is 0 Å². The van der Waals surface area contributed by atoms with E-state index >= 15 is 0 Å². The molecule has 1 aromatic heterocycles. The number of esters is 1. The molecule has 0 spiro atoms. The summed E-state index contributed by atoms with van der Waals surface area (Å²) in [5, 5.41) is 3.56. The van der Waals surface area contributed by atoms with Gasteiger partial charge in [-0.2, -0.15) is 0 Å². The smallest absolute Gasteiger partial charge is 0.336 e. The second-order valence-electron chi connectivity index (χ2n) is 5.94. The third-order valence-corrected chi connectivity index (χ3v) is 4.96. The fourth-order valence-electron chi connectivity index (χ4n) is 3.10. The quantitative estimate of drug-likeness (QED) is 0.463. The fourth-order valence-corrected chi connectivity index (χ4v) is 3.70. The molecule has 0 amide bonds. The third kappa shape index (κ3) is 3.75. The SMILES string of the molecule is CCOC(=O)C1=C(C)Nc2nc(SCC)[nH]c(=O)c2C1c1ccc(F)cc1. The first-order chi connectivity index (χ1) is 13.0. The van der Waals surface area contributed by atoms with Crippen LogP contribution in [-0.4, -0.2) is 28.3 Å². The highest BCUT2D eigenvalue weighted by molar-refractivity contribution is 7.99. The Morgan fingerprint density at radius 3 is 2.63 bits per heavy atom. The summed E-state index contributed by atoms with van der Waals surface area (Å²) in [6.07, 6.45) is 0. The van der Waals surface area contributed by atoms with Crippen molar-refractivity contribution in [3.05, 3.63) is 62.8 Å². The van der Waals surface area contributed by atoms with Crippen LogP contribution < -0.4 is 10.9 Å². The third-order valence-electron chi connectivity index (χ3n) is 4.20. The molecule has 142 valence electrons. The number of rotatable bonds is 5. The predicted octanol–water partition coefficient (Wildman–Crippen LogP) is 3.42. The molecule has 1 aliphatic heterocycles. The predicted molar refractivity (Wildman–Crippen MR) is 102 cm³/mol. The van der Waals surface area contributed by atoms with Gasteiger partial charge in [0, 0.05) is 5.70 Å². The number of H-pyrrole nitrogens is 1. The number of hydrogen-bond acceptors (Lipinski definition) is 6. The van der Waals surface area contributed by atoms with E-state index in [4.69, 9.17) is 4.74 Å². The van der Waals surface area contributed by atoms with Gasteiger partial charge in [0.1, 0.15) is 11.6 Å². The standard InChI is InChI=1S/C19H20FN3O3S/c1-4-26-18(25)13-10(3)21-16-15(17(24)23-19(22-16)27-5-2)14(13)11-6-8-12(20)9-7-11/h6-9,14H,4-5H2,1-3H3,(H2,21,22,23,24). The van der Waals surface area contributed by atoms with Gasteiger partial charge in [-0.1, -0.05) is 30.8 Å². The number of allylic oxidation sites excluding steroid dienone is 1. The van der Waals surface area contributed by atoms with Crippen LogP contribution in [0.4, 0.5) is 10.2 Å². The van der Waals surface area contributed by atoms with Crippen LogP contribution in [0.2, 0.25) is 0 Å². The largest absolute Gasteiger partial charge is 0.463 e. The molecule has 0 saturated carbocycles. The van der Waals surface area contributed by atoms with E-state index in [2.05, 4.69) is 15.3 Å². The molecule has 1 unspecified atom stereocenters. The lowest BCUT2D eigenvalue weighted by molar-refractivity contribution is -0.138. The molecule has 0 radical (unpaired) electrons. The molecule has 0 saturated heterocycles. The first kappa shape index (κ1) is 19.2. The van der Waals surface area contributed by atoms with Gasteiger partial charge in [0.15, 0.2) is 5.16 Å². The van der Waals surface area contributed by atoms with E-state index in [1.54, 1.807) is 26.0 Å². The minimum absolute atomic E-state index is 0.208. The molecule has 2 heterocycles. The van der Waals surface area contributed by atoms with Crippen molar-refractivity contribution in [2.45, 2.75) is 31.8 Å². The van der Waals surface area contributed by atoms with Crippen LogP contribution >= 0.6 is 11.8 Å². The molecule has 0 fully saturated rings. The summed E-state index contributed by atoms with van der Waals surface area (Å²) < 4.78 is 18.6. The molecule has 1 aromatic carbocycles. The zero-order valence-electron chi connectivity index (χ0n) is 15.3. The van der Waals surface area contributed by atoms with E-state index in [9.17, 15) is 14.0 Å². The number of nitrogens with zero attached hydrogens (tertiary/aromatic N) is 1. The van der Waals surface area contributed by atoms with Gasteiger partial charge in [0.2, 0.25) is 0 Å². The average Bonchev–Trinajstić information content (AvgIpc) is 2.61. The average molecular weight is 389 g/mol. The summed E-state index contributed by atoms with van der Waals surface area (Å²) in [5.74, 6) is -0.458. The highest BCUT2D eigenvalue weighted by atomic mass is 32.2. The molecule has 1 atom stereocenters. The van der Waals surface area contributed by atoms with Gasteiger partial charge in [-0.15, -0.1) is 0 Å². The van der Waals surface area contributed by atoms with Crippen molar-refractivity contribution in [1.29, 1.82) is 0 Å². The monoisotopic (exact) mass is 389 g/mol. The number of aromatic nitrogens is 2. The zero-order valence-corrected chi connectivity index (χ0v) is 16.1. The van der Waals surface area contributed by atoms with Crippen molar-refractivity contribution in [2.75, 3.05) is 17.7 Å². The van der Waals surface area contributed by atoms with E-state index in [-0.39, 0.29) is 12.2 Å². The lowest BCUT2D eigenvalue weighted by atomic mass is 9.82. The minimum Gasteiger partial charge on any atom is -0.463 e. The van der Waals surface area contributed by atoms with E-state index in [0.29, 0.717) is 33.4 Å². The van der Waals surface area contributed by atoms with Gasteiger partial charge in [0.25, 0.3) is 5.56 Å². The van der Waals surface area contributed by atoms with Gasteiger partial charge in [-0.3, -0.25) is 4.79 Å². The highest BCUT2D eigenvalue weighted by Gasteiger charge is 2.36. The molecular weight excluding hydrogens is 369 g/mol. The van der Waals surface area contributed by atoms with E-state index in [0.717, 1.165) is 5.75 Å². The van der Waals surface area contributed by atoms with Crippen molar-refractivity contribution in [2.24, 2.45) is 0 Å². The Morgan fingerprint density at radius 2 is 2.00 bits per heavy atom. The molecule has 3 rings (SSSR count). The number of fused-ring (bicyclic) bond motifs is 1. The summed E-state index contributed by atoms with van der Waals surface area (Å²) >= 11 is 1.41. The number of nitrogens with one attached hydrogen (secondary N) is 2. The van der Waals surface area contributed by atoms with Gasteiger partial charge in [-0.05, 0) is 37.3 Å². The van der Waals surface area contributed by atoms with Crippen molar-refractivity contribution in [1.82, 2.24) is 9.97 Å². The highest BCUT2D eigenvalue weighted by Crippen LogP contribution is 2.40. The van der Waals surface area contributed by atoms with Crippen molar-refractivity contribution in [3.8, 4) is 0 Å². The molecule has 0 bridgehead atoms. The number of thioether (sulfide) groups is 1. The summed E-state index contributed by atoms with van der Waals surface area (Å²) in [6.45, 7) is 5.62. The molecule has 27 heavy (non-hydrogen) atoms. The summed E-state index contributed by atoms with van der Waals surface area (Å²) in [5.41, 5.74) is 1.47. The number of aromatic amines is 1. The maximum atomic E-state index is 13.4. The molecule has 0 aliphatic carbocycles. The summed E-state index contributed by atoms with van der Waals surface area (Å²) in [6, 6.07) is 5.74. The van der Waals surface area contributed by atoms with Crippen LogP contribution in [0.25, 0.3) is 0 Å². The van der Waals surface area contributed by atoms with Crippen LogP contribution in [-0.2, 0) is 9.53 Å². The number of carbonyl (C=O) groups excluding carboxylic acids is 1. The Labute approximate surface area is 160 Å². The lowest BCUT2D eigenvalue weighted by Gasteiger charge is -2.28. The van der Waals surface area contributed by atoms with Crippen molar-refractivity contribution < 1.29 is 13.9 Å². The normalized spacial score (nSPS) is 15.9. The summed E-state index contributed by atoms with van der Waals surface area (Å²) in [7, 11) is 0.